The molecule has 34 heavy (non-hydrogen) atoms. The summed E-state index contributed by atoms with van der Waals surface area (Å²) in [5, 5.41) is 23.1. The lowest BCUT2D eigenvalue weighted by atomic mass is 9.46. The topological polar surface area (TPSA) is 101 Å². The first kappa shape index (κ1) is 23.7. The van der Waals surface area contributed by atoms with Crippen molar-refractivity contribution in [3.8, 4) is 0 Å². The van der Waals surface area contributed by atoms with Crippen LogP contribution in [0, 0.1) is 34.5 Å². The summed E-state index contributed by atoms with van der Waals surface area (Å²) in [6, 6.07) is 0. The SMILES string of the molecule is CC1=C(C)C(=O)OC(C(C)(O)C2CCC3C4C(O)C=C5C(=O)C=CC(=O)C5(C)C4CCC32C)C1. The number of hydrogen-bond donors (Lipinski definition) is 2. The van der Waals surface area contributed by atoms with Gasteiger partial charge in [-0.25, -0.2) is 4.79 Å². The summed E-state index contributed by atoms with van der Waals surface area (Å²) in [6.45, 7) is 9.55. The lowest BCUT2D eigenvalue weighted by molar-refractivity contribution is -0.184. The number of carbonyl (C=O) groups is 3. The van der Waals surface area contributed by atoms with Crippen LogP contribution in [0.5, 0.6) is 0 Å². The quantitative estimate of drug-likeness (QED) is 0.602. The van der Waals surface area contributed by atoms with E-state index in [2.05, 4.69) is 6.92 Å². The van der Waals surface area contributed by atoms with Gasteiger partial charge in [-0.1, -0.05) is 12.5 Å². The third kappa shape index (κ3) is 2.97. The average molecular weight is 469 g/mol. The summed E-state index contributed by atoms with van der Waals surface area (Å²) in [7, 11) is 0. The number of esters is 1. The first-order valence-corrected chi connectivity index (χ1v) is 12.6. The minimum absolute atomic E-state index is 0.0582. The molecule has 2 saturated carbocycles. The molecule has 1 heterocycles. The van der Waals surface area contributed by atoms with Gasteiger partial charge in [0.05, 0.1) is 11.5 Å². The van der Waals surface area contributed by atoms with Gasteiger partial charge in [0.2, 0.25) is 0 Å². The van der Waals surface area contributed by atoms with Crippen LogP contribution in [-0.4, -0.2) is 45.6 Å². The van der Waals surface area contributed by atoms with Gasteiger partial charge in [-0.2, -0.15) is 0 Å². The molecule has 9 unspecified atom stereocenters. The zero-order valence-electron chi connectivity index (χ0n) is 20.8. The van der Waals surface area contributed by atoms with E-state index in [4.69, 9.17) is 4.74 Å². The van der Waals surface area contributed by atoms with Gasteiger partial charge in [-0.15, -0.1) is 0 Å². The molecule has 1 aliphatic heterocycles. The van der Waals surface area contributed by atoms with E-state index in [1.54, 1.807) is 19.9 Å². The van der Waals surface area contributed by atoms with Crippen molar-refractivity contribution < 1.29 is 29.3 Å². The Morgan fingerprint density at radius 1 is 1.06 bits per heavy atom. The first-order valence-electron chi connectivity index (χ1n) is 12.6. The zero-order valence-corrected chi connectivity index (χ0v) is 20.8. The van der Waals surface area contributed by atoms with E-state index in [1.807, 2.05) is 13.8 Å². The molecule has 0 aromatic heterocycles. The van der Waals surface area contributed by atoms with Crippen LogP contribution >= 0.6 is 0 Å². The fourth-order valence-electron chi connectivity index (χ4n) is 8.44. The van der Waals surface area contributed by atoms with Gasteiger partial charge in [-0.3, -0.25) is 9.59 Å². The third-order valence-electron chi connectivity index (χ3n) is 10.6. The summed E-state index contributed by atoms with van der Waals surface area (Å²) in [5.41, 5.74) is -0.391. The van der Waals surface area contributed by atoms with Crippen LogP contribution in [0.15, 0.2) is 34.9 Å². The smallest absolute Gasteiger partial charge is 0.334 e. The molecule has 6 nitrogen and oxygen atoms in total. The Balaban J connectivity index is 1.49. The van der Waals surface area contributed by atoms with Crippen molar-refractivity contribution in [1.82, 2.24) is 0 Å². The molecule has 6 heteroatoms. The minimum atomic E-state index is -1.21. The number of rotatable bonds is 2. The Morgan fingerprint density at radius 2 is 1.76 bits per heavy atom. The summed E-state index contributed by atoms with van der Waals surface area (Å²) in [5.74, 6) is -0.891. The highest BCUT2D eigenvalue weighted by Gasteiger charge is 2.65. The van der Waals surface area contributed by atoms with E-state index in [1.165, 1.54) is 12.2 Å². The fraction of sp³-hybridized carbons (Fsp3) is 0.679. The molecule has 184 valence electrons. The Hall–Kier alpha value is -2.05. The molecular formula is C28H36O6. The van der Waals surface area contributed by atoms with Gasteiger partial charge in [0.1, 0.15) is 11.7 Å². The second kappa shape index (κ2) is 7.47. The van der Waals surface area contributed by atoms with E-state index >= 15 is 0 Å². The minimum Gasteiger partial charge on any atom is -0.456 e. The monoisotopic (exact) mass is 468 g/mol. The molecule has 9 atom stereocenters. The van der Waals surface area contributed by atoms with E-state index in [-0.39, 0.29) is 46.6 Å². The molecular weight excluding hydrogens is 432 g/mol. The van der Waals surface area contributed by atoms with Gasteiger partial charge in [0.15, 0.2) is 11.6 Å². The number of aliphatic hydroxyl groups is 2. The number of cyclic esters (lactones) is 1. The van der Waals surface area contributed by atoms with Crippen molar-refractivity contribution in [1.29, 1.82) is 0 Å². The molecule has 2 N–H and O–H groups in total. The van der Waals surface area contributed by atoms with Crippen LogP contribution in [0.2, 0.25) is 0 Å². The van der Waals surface area contributed by atoms with E-state index in [9.17, 15) is 24.6 Å². The van der Waals surface area contributed by atoms with Crippen molar-refractivity contribution in [2.75, 3.05) is 0 Å². The number of ketones is 2. The number of allylic oxidation sites excluding steroid dienone is 3. The second-order valence-electron chi connectivity index (χ2n) is 12.0. The largest absolute Gasteiger partial charge is 0.456 e. The third-order valence-corrected chi connectivity index (χ3v) is 10.6. The Bertz CT molecular complexity index is 1060. The van der Waals surface area contributed by atoms with Crippen molar-refractivity contribution >= 4 is 17.5 Å². The Labute approximate surface area is 201 Å². The molecule has 0 saturated heterocycles. The average Bonchev–Trinajstić information content (AvgIpc) is 3.14. The maximum Gasteiger partial charge on any atom is 0.334 e. The van der Waals surface area contributed by atoms with Crippen LogP contribution in [-0.2, 0) is 19.1 Å². The Kier molecular flexibility index (Phi) is 5.21. The first-order chi connectivity index (χ1) is 15.8. The van der Waals surface area contributed by atoms with E-state index in [0.29, 0.717) is 24.0 Å². The molecule has 0 spiro atoms. The summed E-state index contributed by atoms with van der Waals surface area (Å²) >= 11 is 0. The number of carbonyl (C=O) groups excluding carboxylic acids is 3. The molecule has 0 amide bonds. The van der Waals surface area contributed by atoms with Crippen LogP contribution in [0.4, 0.5) is 0 Å². The number of hydrogen-bond acceptors (Lipinski definition) is 6. The number of aliphatic hydroxyl groups excluding tert-OH is 1. The molecule has 0 radical (unpaired) electrons. The second-order valence-corrected chi connectivity index (χ2v) is 12.0. The molecule has 5 aliphatic rings. The predicted octanol–water partition coefficient (Wildman–Crippen LogP) is 3.46. The zero-order chi connectivity index (χ0) is 24.8. The predicted molar refractivity (Wildman–Crippen MR) is 125 cm³/mol. The highest BCUT2D eigenvalue weighted by Crippen LogP contribution is 2.67. The van der Waals surface area contributed by atoms with Crippen LogP contribution in [0.1, 0.15) is 66.7 Å². The van der Waals surface area contributed by atoms with E-state index < -0.39 is 23.2 Å². The van der Waals surface area contributed by atoms with Crippen molar-refractivity contribution in [2.45, 2.75) is 84.5 Å². The number of ether oxygens (including phenoxy) is 1. The van der Waals surface area contributed by atoms with Gasteiger partial charge < -0.3 is 14.9 Å². The van der Waals surface area contributed by atoms with Crippen LogP contribution in [0.3, 0.4) is 0 Å². The van der Waals surface area contributed by atoms with Crippen molar-refractivity contribution in [2.24, 2.45) is 34.5 Å². The van der Waals surface area contributed by atoms with Crippen LogP contribution < -0.4 is 0 Å². The highest BCUT2D eigenvalue weighted by molar-refractivity contribution is 6.18. The molecule has 4 aliphatic carbocycles. The Morgan fingerprint density at radius 3 is 2.44 bits per heavy atom. The lowest BCUT2D eigenvalue weighted by Gasteiger charge is -2.58. The lowest BCUT2D eigenvalue weighted by Crippen LogP contribution is -2.59. The standard InChI is InChI=1S/C28H36O6/c1-14-12-23(34-25(32)15(14)2)28(5,33)21-8-6-16-24-17(10-11-26(16,21)3)27(4)18(13-20(24)30)19(29)7-9-22(27)31/h7,9,13,16-17,20-21,23-24,30,33H,6,8,10-12H2,1-5H3. The molecule has 0 aromatic rings. The summed E-state index contributed by atoms with van der Waals surface area (Å²) in [6.07, 6.45) is 6.53. The van der Waals surface area contributed by atoms with Crippen molar-refractivity contribution in [3.63, 3.8) is 0 Å². The normalized spacial score (nSPS) is 45.7. The van der Waals surface area contributed by atoms with Gasteiger partial charge in [0.25, 0.3) is 0 Å². The van der Waals surface area contributed by atoms with Gasteiger partial charge in [0, 0.05) is 17.6 Å². The van der Waals surface area contributed by atoms with Gasteiger partial charge >= 0.3 is 5.97 Å². The highest BCUT2D eigenvalue weighted by atomic mass is 16.6. The maximum absolute atomic E-state index is 13.1. The van der Waals surface area contributed by atoms with Gasteiger partial charge in [-0.05, 0) is 101 Å². The van der Waals surface area contributed by atoms with Crippen LogP contribution in [0.25, 0.3) is 0 Å². The number of fused-ring (bicyclic) bond motifs is 5. The molecule has 0 aromatic carbocycles. The summed E-state index contributed by atoms with van der Waals surface area (Å²) in [4.78, 5) is 38.1. The summed E-state index contributed by atoms with van der Waals surface area (Å²) < 4.78 is 5.72. The molecule has 0 bridgehead atoms. The maximum atomic E-state index is 13.1. The molecule has 5 rings (SSSR count). The van der Waals surface area contributed by atoms with Crippen molar-refractivity contribution in [3.05, 3.63) is 34.9 Å². The van der Waals surface area contributed by atoms with E-state index in [0.717, 1.165) is 24.8 Å². The fourth-order valence-corrected chi connectivity index (χ4v) is 8.44. The molecule has 2 fully saturated rings.